The van der Waals surface area contributed by atoms with E-state index in [0.717, 1.165) is 27.5 Å². The van der Waals surface area contributed by atoms with E-state index in [1.807, 2.05) is 39.0 Å². The predicted molar refractivity (Wildman–Crippen MR) is 145 cm³/mol. The first-order valence-electron chi connectivity index (χ1n) is 12.5. The highest BCUT2D eigenvalue weighted by Gasteiger charge is 2.29. The molecule has 0 spiro atoms. The second kappa shape index (κ2) is 11.9. The molecule has 2 aromatic carbocycles. The van der Waals surface area contributed by atoms with Gasteiger partial charge in [0.05, 0.1) is 19.2 Å². The number of rotatable bonds is 8. The number of carboxylic acid groups (broad SMARTS) is 1. The minimum Gasteiger partial charge on any atom is -0.488 e. The van der Waals surface area contributed by atoms with Gasteiger partial charge in [-0.2, -0.15) is 0 Å². The molecular formula is C29H33N2O6S+. The molecule has 1 aromatic heterocycles. The van der Waals surface area contributed by atoms with Crippen molar-refractivity contribution in [3.05, 3.63) is 83.7 Å². The van der Waals surface area contributed by atoms with Crippen molar-refractivity contribution in [2.75, 3.05) is 13.1 Å². The summed E-state index contributed by atoms with van der Waals surface area (Å²) in [6.45, 7) is 5.76. The van der Waals surface area contributed by atoms with Crippen molar-refractivity contribution in [3.63, 3.8) is 0 Å². The maximum atomic E-state index is 13.0. The number of aliphatic hydroxyl groups is 1. The van der Waals surface area contributed by atoms with Gasteiger partial charge < -0.3 is 29.4 Å². The summed E-state index contributed by atoms with van der Waals surface area (Å²) in [5.41, 5.74) is 1.38. The predicted octanol–water partition coefficient (Wildman–Crippen LogP) is 5.31. The smallest absolute Gasteiger partial charge is 0.488 e. The van der Waals surface area contributed by atoms with Crippen molar-refractivity contribution in [1.29, 1.82) is 0 Å². The summed E-state index contributed by atoms with van der Waals surface area (Å²) in [6.07, 6.45) is 3.02. The molecule has 3 aromatic rings. The molecule has 2 atom stereocenters. The number of hydrogen-bond acceptors (Lipinski definition) is 6. The third-order valence-corrected chi connectivity index (χ3v) is 6.91. The molecule has 1 aliphatic heterocycles. The van der Waals surface area contributed by atoms with E-state index in [9.17, 15) is 19.8 Å². The Bertz CT molecular complexity index is 1280. The Labute approximate surface area is 226 Å². The second-order valence-electron chi connectivity index (χ2n) is 10.2. The van der Waals surface area contributed by atoms with Gasteiger partial charge in [-0.15, -0.1) is 0 Å². The standard InChI is InChI=1S/C29H32N2O6S/c1-29(2,3)37-28(35)31(18-25(32)21-7-5-13-30-16-21)17-22-10-9-19-14-24(11-12-26(19)36-22)38-23-8-4-6-20(15-23)27(33)34/h4-8,11-16,22,25,32H,9-10,17-18H2,1-3H3,(H,33,34)/p+1/t22-,25+/m1/s1. The zero-order valence-corrected chi connectivity index (χ0v) is 22.5. The zero-order chi connectivity index (χ0) is 27.3. The van der Waals surface area contributed by atoms with Crippen LogP contribution >= 0.6 is 11.8 Å². The van der Waals surface area contributed by atoms with Gasteiger partial charge in [0, 0.05) is 27.7 Å². The van der Waals surface area contributed by atoms with E-state index in [1.54, 1.807) is 42.7 Å². The fourth-order valence-electron chi connectivity index (χ4n) is 4.13. The van der Waals surface area contributed by atoms with Crippen molar-refractivity contribution < 1.29 is 29.3 Å². The molecule has 4 rings (SSSR count). The Morgan fingerprint density at radius 3 is 2.71 bits per heavy atom. The van der Waals surface area contributed by atoms with Crippen LogP contribution in [0.5, 0.6) is 5.75 Å². The van der Waals surface area contributed by atoms with Gasteiger partial charge in [-0.1, -0.05) is 23.9 Å². The Hall–Kier alpha value is -3.56. The Kier molecular flexibility index (Phi) is 8.58. The van der Waals surface area contributed by atoms with Crippen LogP contribution in [0.25, 0.3) is 0 Å². The Morgan fingerprint density at radius 2 is 2.00 bits per heavy atom. The average molecular weight is 538 g/mol. The van der Waals surface area contributed by atoms with E-state index >= 15 is 0 Å². The van der Waals surface area contributed by atoms with Crippen LogP contribution in [0, 0.1) is 0 Å². The largest absolute Gasteiger partial charge is 0.515 e. The molecule has 0 aliphatic carbocycles. The summed E-state index contributed by atoms with van der Waals surface area (Å²) in [7, 11) is 0. The fourth-order valence-corrected chi connectivity index (χ4v) is 5.07. The molecule has 9 heteroatoms. The van der Waals surface area contributed by atoms with E-state index in [1.165, 1.54) is 16.7 Å². The van der Waals surface area contributed by atoms with Crippen LogP contribution in [0.15, 0.2) is 76.8 Å². The topological polar surface area (TPSA) is 114 Å². The van der Waals surface area contributed by atoms with Crippen LogP contribution in [0.2, 0.25) is 0 Å². The van der Waals surface area contributed by atoms with Crippen molar-refractivity contribution in [1.82, 2.24) is 9.88 Å². The highest BCUT2D eigenvalue weighted by molar-refractivity contribution is 7.99. The molecule has 1 amide bonds. The summed E-state index contributed by atoms with van der Waals surface area (Å²) in [5.74, 6) is 0.0587. The van der Waals surface area contributed by atoms with Crippen LogP contribution in [0.1, 0.15) is 50.0 Å². The normalized spacial score (nSPS) is 15.6. The third-order valence-electron chi connectivity index (χ3n) is 5.93. The summed E-state index contributed by atoms with van der Waals surface area (Å²) in [4.78, 5) is 29.8. The molecule has 0 bridgehead atoms. The van der Waals surface area contributed by atoms with Crippen LogP contribution in [-0.2, 0) is 11.2 Å². The zero-order valence-electron chi connectivity index (χ0n) is 21.7. The summed E-state index contributed by atoms with van der Waals surface area (Å²) >= 11 is 1.52. The minimum absolute atomic E-state index is 0.0583. The van der Waals surface area contributed by atoms with E-state index in [0.29, 0.717) is 17.5 Å². The molecule has 0 fully saturated rings. The molecule has 8 nitrogen and oxygen atoms in total. The van der Waals surface area contributed by atoms with E-state index in [-0.39, 0.29) is 19.2 Å². The van der Waals surface area contributed by atoms with Crippen LogP contribution in [0.4, 0.5) is 4.79 Å². The number of pyridine rings is 1. The number of hydrogen-bond donors (Lipinski definition) is 2. The highest BCUT2D eigenvalue weighted by Crippen LogP contribution is 2.35. The van der Waals surface area contributed by atoms with Gasteiger partial charge >= 0.3 is 12.1 Å². The van der Waals surface area contributed by atoms with Gasteiger partial charge in [0.25, 0.3) is 0 Å². The molecule has 0 saturated carbocycles. The van der Waals surface area contributed by atoms with Crippen molar-refractivity contribution in [2.45, 2.75) is 61.2 Å². The van der Waals surface area contributed by atoms with Crippen LogP contribution < -0.4 is 4.74 Å². The third kappa shape index (κ3) is 7.49. The number of carbonyl (C=O) groups is 1. The highest BCUT2D eigenvalue weighted by atomic mass is 32.2. The Morgan fingerprint density at radius 1 is 1.21 bits per heavy atom. The van der Waals surface area contributed by atoms with Gasteiger partial charge in [0.2, 0.25) is 0 Å². The van der Waals surface area contributed by atoms with Gasteiger partial charge in [-0.05, 0) is 81.6 Å². The molecule has 0 saturated heterocycles. The van der Waals surface area contributed by atoms with E-state index in [2.05, 4.69) is 11.1 Å². The molecule has 38 heavy (non-hydrogen) atoms. The number of nitrogens with zero attached hydrogens (tertiary/aromatic N) is 2. The van der Waals surface area contributed by atoms with Crippen molar-refractivity contribution >= 4 is 23.8 Å². The summed E-state index contributed by atoms with van der Waals surface area (Å²) in [5, 5.41) is 20.1. The summed E-state index contributed by atoms with van der Waals surface area (Å²) < 4.78 is 11.9. The lowest BCUT2D eigenvalue weighted by Crippen LogP contribution is -2.45. The molecule has 2 heterocycles. The van der Waals surface area contributed by atoms with Gasteiger partial charge in [0.1, 0.15) is 23.0 Å². The van der Waals surface area contributed by atoms with Gasteiger partial charge in [-0.25, -0.2) is 4.79 Å². The van der Waals surface area contributed by atoms with Gasteiger partial charge in [0.15, 0.2) is 0 Å². The van der Waals surface area contributed by atoms with Crippen LogP contribution in [0.3, 0.4) is 0 Å². The van der Waals surface area contributed by atoms with Crippen LogP contribution in [-0.4, -0.2) is 61.7 Å². The lowest BCUT2D eigenvalue weighted by atomic mass is 10.0. The molecule has 0 unspecified atom stereocenters. The number of aromatic carboxylic acids is 1. The quantitative estimate of drug-likeness (QED) is 0.375. The number of amides is 1. The van der Waals surface area contributed by atoms with E-state index < -0.39 is 23.8 Å². The van der Waals surface area contributed by atoms with Gasteiger partial charge in [-0.3, -0.25) is 4.98 Å². The average Bonchev–Trinajstić information content (AvgIpc) is 2.88. The SMILES string of the molecule is CC(C)(C)OC(=O)N(C[C@H]1CCc2cc(Sc3cccc(C(O)=[OH+])c3)ccc2O1)C[C@H](O)c1cccnc1. The number of fused-ring (bicyclic) bond motifs is 1. The number of carbonyl (C=O) groups excluding carboxylic acids is 1. The van der Waals surface area contributed by atoms with Crippen molar-refractivity contribution in [3.8, 4) is 5.75 Å². The molecule has 0 radical (unpaired) electrons. The lowest BCUT2D eigenvalue weighted by molar-refractivity contribution is 0.00364. The first-order valence-corrected chi connectivity index (χ1v) is 13.3. The number of carboxylic acids is 1. The maximum Gasteiger partial charge on any atom is 0.515 e. The van der Waals surface area contributed by atoms with E-state index in [4.69, 9.17) is 9.47 Å². The maximum absolute atomic E-state index is 13.0. The molecule has 3 N–H and O–H groups in total. The minimum atomic E-state index is -0.907. The molecular weight excluding hydrogens is 504 g/mol. The molecule has 200 valence electrons. The molecule has 1 aliphatic rings. The number of aromatic nitrogens is 1. The first kappa shape index (κ1) is 27.5. The monoisotopic (exact) mass is 537 g/mol. The first-order chi connectivity index (χ1) is 18.1. The Balaban J connectivity index is 1.44. The number of aryl methyl sites for hydroxylation is 1. The number of benzene rings is 2. The number of ether oxygens (including phenoxy) is 2. The van der Waals surface area contributed by atoms with Crippen molar-refractivity contribution in [2.24, 2.45) is 0 Å². The lowest BCUT2D eigenvalue weighted by Gasteiger charge is -2.33. The second-order valence-corrected chi connectivity index (χ2v) is 11.3. The fraction of sp³-hybridized carbons (Fsp3) is 0.345. The number of aliphatic hydroxyl groups excluding tert-OH is 2. The summed E-state index contributed by atoms with van der Waals surface area (Å²) in [6, 6.07) is 16.5.